The molecule has 0 atom stereocenters. The molecule has 3 N–H and O–H groups in total. The Hall–Kier alpha value is -2.66. The first-order valence-electron chi connectivity index (χ1n) is 5.96. The maximum absolute atomic E-state index is 12.3. The van der Waals surface area contributed by atoms with Gasteiger partial charge in [-0.1, -0.05) is 0 Å². The zero-order chi connectivity index (χ0) is 15.1. The average Bonchev–Trinajstić information content (AvgIpc) is 2.46. The third-order valence-corrected chi connectivity index (χ3v) is 2.76. The number of nitriles is 1. The smallest absolute Gasteiger partial charge is 0.270 e. The van der Waals surface area contributed by atoms with E-state index in [2.05, 4.69) is 5.43 Å². The van der Waals surface area contributed by atoms with Gasteiger partial charge in [-0.3, -0.25) is 20.8 Å². The predicted octanol–water partition coefficient (Wildman–Crippen LogP) is 1.26. The molecule has 0 aliphatic rings. The van der Waals surface area contributed by atoms with Gasteiger partial charge in [0.2, 0.25) is 0 Å². The van der Waals surface area contributed by atoms with E-state index >= 15 is 0 Å². The second-order valence-electron chi connectivity index (χ2n) is 3.92. The number of nitrogens with zero attached hydrogens (tertiary/aromatic N) is 3. The summed E-state index contributed by atoms with van der Waals surface area (Å²) >= 11 is 0. The summed E-state index contributed by atoms with van der Waals surface area (Å²) in [6.45, 7) is 2.42. The minimum atomic E-state index is -0.581. The molecule has 0 bridgehead atoms. The molecular formula is C12H15N5O3. The van der Waals surface area contributed by atoms with Crippen molar-refractivity contribution in [2.24, 2.45) is 5.84 Å². The van der Waals surface area contributed by atoms with Crippen LogP contribution in [-0.4, -0.2) is 28.8 Å². The number of anilines is 1. The largest absolute Gasteiger partial charge is 0.338 e. The number of nitro benzene ring substituents is 1. The molecule has 0 spiro atoms. The van der Waals surface area contributed by atoms with Crippen LogP contribution >= 0.6 is 0 Å². The van der Waals surface area contributed by atoms with Gasteiger partial charge in [-0.2, -0.15) is 5.26 Å². The van der Waals surface area contributed by atoms with Crippen molar-refractivity contribution in [1.82, 2.24) is 4.90 Å². The highest BCUT2D eigenvalue weighted by atomic mass is 16.6. The quantitative estimate of drug-likeness (QED) is 0.458. The monoisotopic (exact) mass is 277 g/mol. The Labute approximate surface area is 115 Å². The number of hydrogen-bond donors (Lipinski definition) is 2. The molecule has 20 heavy (non-hydrogen) atoms. The summed E-state index contributed by atoms with van der Waals surface area (Å²) in [7, 11) is 0. The number of hydrogen-bond acceptors (Lipinski definition) is 6. The SMILES string of the molecule is CCN(CCC#N)C(=O)c1cc([N+](=O)[O-])ccc1NN. The van der Waals surface area contributed by atoms with Gasteiger partial charge in [-0.05, 0) is 13.0 Å². The van der Waals surface area contributed by atoms with Gasteiger partial charge in [0.05, 0.1) is 28.7 Å². The molecule has 8 heteroatoms. The number of nitrogens with two attached hydrogens (primary N) is 1. The van der Waals surface area contributed by atoms with E-state index in [1.807, 2.05) is 6.07 Å². The van der Waals surface area contributed by atoms with Crippen LogP contribution in [0.4, 0.5) is 11.4 Å². The van der Waals surface area contributed by atoms with Crippen LogP contribution in [0.3, 0.4) is 0 Å². The summed E-state index contributed by atoms with van der Waals surface area (Å²) in [4.78, 5) is 24.0. The maximum Gasteiger partial charge on any atom is 0.270 e. The van der Waals surface area contributed by atoms with Gasteiger partial charge in [-0.25, -0.2) is 0 Å². The van der Waals surface area contributed by atoms with Crippen LogP contribution in [-0.2, 0) is 0 Å². The molecule has 1 rings (SSSR count). The van der Waals surface area contributed by atoms with E-state index in [0.29, 0.717) is 12.2 Å². The zero-order valence-electron chi connectivity index (χ0n) is 11.0. The summed E-state index contributed by atoms with van der Waals surface area (Å²) in [6.07, 6.45) is 0.194. The number of nitrogen functional groups attached to an aromatic ring is 1. The highest BCUT2D eigenvalue weighted by Crippen LogP contribution is 2.23. The molecule has 0 saturated carbocycles. The van der Waals surface area contributed by atoms with Crippen LogP contribution in [0.1, 0.15) is 23.7 Å². The van der Waals surface area contributed by atoms with E-state index in [0.717, 1.165) is 0 Å². The van der Waals surface area contributed by atoms with Crippen LogP contribution in [0.15, 0.2) is 18.2 Å². The van der Waals surface area contributed by atoms with Gasteiger partial charge in [0, 0.05) is 25.2 Å². The van der Waals surface area contributed by atoms with Crippen molar-refractivity contribution in [2.45, 2.75) is 13.3 Å². The van der Waals surface area contributed by atoms with Crippen molar-refractivity contribution >= 4 is 17.3 Å². The van der Waals surface area contributed by atoms with Crippen molar-refractivity contribution in [3.8, 4) is 6.07 Å². The molecule has 0 aromatic heterocycles. The van der Waals surface area contributed by atoms with E-state index in [9.17, 15) is 14.9 Å². The van der Waals surface area contributed by atoms with E-state index in [1.165, 1.54) is 23.1 Å². The Morgan fingerprint density at radius 3 is 2.80 bits per heavy atom. The lowest BCUT2D eigenvalue weighted by Gasteiger charge is -2.20. The second-order valence-corrected chi connectivity index (χ2v) is 3.92. The number of hydrazine groups is 1. The lowest BCUT2D eigenvalue weighted by atomic mass is 10.1. The van der Waals surface area contributed by atoms with Crippen LogP contribution in [0, 0.1) is 21.4 Å². The maximum atomic E-state index is 12.3. The Morgan fingerprint density at radius 2 is 2.30 bits per heavy atom. The van der Waals surface area contributed by atoms with Crippen LogP contribution in [0.25, 0.3) is 0 Å². The summed E-state index contributed by atoms with van der Waals surface area (Å²) in [5, 5.41) is 19.3. The van der Waals surface area contributed by atoms with Crippen LogP contribution in [0.2, 0.25) is 0 Å². The van der Waals surface area contributed by atoms with Crippen LogP contribution < -0.4 is 11.3 Å². The lowest BCUT2D eigenvalue weighted by molar-refractivity contribution is -0.384. The van der Waals surface area contributed by atoms with E-state index in [-0.39, 0.29) is 24.2 Å². The summed E-state index contributed by atoms with van der Waals surface area (Å²) < 4.78 is 0. The number of carbonyl (C=O) groups excluding carboxylic acids is 1. The average molecular weight is 277 g/mol. The predicted molar refractivity (Wildman–Crippen MR) is 72.7 cm³/mol. The normalized spacial score (nSPS) is 9.65. The van der Waals surface area contributed by atoms with Gasteiger partial charge in [0.1, 0.15) is 0 Å². The van der Waals surface area contributed by atoms with Crippen molar-refractivity contribution in [3.63, 3.8) is 0 Å². The molecule has 1 aromatic rings. The standard InChI is InChI=1S/C12H15N5O3/c1-2-16(7-3-6-13)12(18)10-8-9(17(19)20)4-5-11(10)15-14/h4-5,8,15H,2-3,7,14H2,1H3. The fraction of sp³-hybridized carbons (Fsp3) is 0.333. The van der Waals surface area contributed by atoms with Gasteiger partial charge in [0.15, 0.2) is 0 Å². The number of amides is 1. The number of benzene rings is 1. The molecule has 0 saturated heterocycles. The van der Waals surface area contributed by atoms with Crippen molar-refractivity contribution in [2.75, 3.05) is 18.5 Å². The lowest BCUT2D eigenvalue weighted by Crippen LogP contribution is -2.32. The Bertz CT molecular complexity index is 553. The Balaban J connectivity index is 3.14. The molecule has 0 aliphatic heterocycles. The molecule has 0 heterocycles. The van der Waals surface area contributed by atoms with Gasteiger partial charge < -0.3 is 10.3 Å². The molecule has 0 aliphatic carbocycles. The Morgan fingerprint density at radius 1 is 1.60 bits per heavy atom. The number of carbonyl (C=O) groups is 1. The fourth-order valence-corrected chi connectivity index (χ4v) is 1.71. The molecule has 0 unspecified atom stereocenters. The molecule has 0 fully saturated rings. The minimum absolute atomic E-state index is 0.112. The topological polar surface area (TPSA) is 125 Å². The van der Waals surface area contributed by atoms with Gasteiger partial charge in [0.25, 0.3) is 11.6 Å². The molecule has 8 nitrogen and oxygen atoms in total. The van der Waals surface area contributed by atoms with Crippen molar-refractivity contribution in [3.05, 3.63) is 33.9 Å². The number of non-ortho nitro benzene ring substituents is 1. The van der Waals surface area contributed by atoms with E-state index in [4.69, 9.17) is 11.1 Å². The minimum Gasteiger partial charge on any atom is -0.338 e. The van der Waals surface area contributed by atoms with E-state index in [1.54, 1.807) is 6.92 Å². The first-order chi connectivity index (χ1) is 9.54. The molecular weight excluding hydrogens is 262 g/mol. The van der Waals surface area contributed by atoms with Gasteiger partial charge >= 0.3 is 0 Å². The van der Waals surface area contributed by atoms with E-state index < -0.39 is 10.8 Å². The number of rotatable bonds is 6. The van der Waals surface area contributed by atoms with Crippen molar-refractivity contribution < 1.29 is 9.72 Å². The molecule has 1 amide bonds. The Kier molecular flexibility index (Phi) is 5.43. The van der Waals surface area contributed by atoms with Crippen molar-refractivity contribution in [1.29, 1.82) is 5.26 Å². The van der Waals surface area contributed by atoms with Gasteiger partial charge in [-0.15, -0.1) is 0 Å². The summed E-state index contributed by atoms with van der Waals surface area (Å²) in [5.41, 5.74) is 2.57. The first kappa shape index (κ1) is 15.4. The first-order valence-corrected chi connectivity index (χ1v) is 5.96. The third-order valence-electron chi connectivity index (χ3n) is 2.76. The highest BCUT2D eigenvalue weighted by molar-refractivity contribution is 6.00. The second kappa shape index (κ2) is 7.06. The van der Waals surface area contributed by atoms with Crippen LogP contribution in [0.5, 0.6) is 0 Å². The molecule has 106 valence electrons. The number of nitrogens with one attached hydrogen (secondary N) is 1. The summed E-state index contributed by atoms with van der Waals surface area (Å²) in [5.74, 6) is 4.91. The summed E-state index contributed by atoms with van der Waals surface area (Å²) in [6, 6.07) is 5.77. The fourth-order valence-electron chi connectivity index (χ4n) is 1.71. The highest BCUT2D eigenvalue weighted by Gasteiger charge is 2.20. The molecule has 1 aromatic carbocycles. The third kappa shape index (κ3) is 3.43. The zero-order valence-corrected chi connectivity index (χ0v) is 11.0. The number of nitro groups is 1. The molecule has 0 radical (unpaired) electrons.